The summed E-state index contributed by atoms with van der Waals surface area (Å²) in [6.07, 6.45) is 4.24. The fourth-order valence-electron chi connectivity index (χ4n) is 3.70. The van der Waals surface area contributed by atoms with Crippen molar-refractivity contribution in [2.45, 2.75) is 37.1 Å². The van der Waals surface area contributed by atoms with Gasteiger partial charge in [-0.2, -0.15) is 0 Å². The van der Waals surface area contributed by atoms with Crippen LogP contribution in [-0.2, 0) is 27.8 Å². The third-order valence-electron chi connectivity index (χ3n) is 5.47. The van der Waals surface area contributed by atoms with Gasteiger partial charge in [-0.25, -0.2) is 13.1 Å². The maximum atomic E-state index is 12.4. The molecule has 13 heteroatoms. The number of aromatic nitrogens is 3. The van der Waals surface area contributed by atoms with Crippen molar-refractivity contribution in [2.75, 3.05) is 17.6 Å². The van der Waals surface area contributed by atoms with E-state index in [4.69, 9.17) is 5.73 Å². The van der Waals surface area contributed by atoms with E-state index in [1.807, 2.05) is 12.1 Å². The van der Waals surface area contributed by atoms with Crippen LogP contribution in [0.15, 0.2) is 47.4 Å². The van der Waals surface area contributed by atoms with Gasteiger partial charge in [0.05, 0.1) is 16.4 Å². The molecule has 12 nitrogen and oxygen atoms in total. The van der Waals surface area contributed by atoms with Crippen molar-refractivity contribution in [1.29, 1.82) is 0 Å². The van der Waals surface area contributed by atoms with Gasteiger partial charge in [-0.1, -0.05) is 6.42 Å². The number of nitro groups is 1. The van der Waals surface area contributed by atoms with Gasteiger partial charge in [0, 0.05) is 30.3 Å². The summed E-state index contributed by atoms with van der Waals surface area (Å²) in [5.41, 5.74) is 6.15. The third-order valence-corrected chi connectivity index (χ3v) is 6.87. The van der Waals surface area contributed by atoms with E-state index in [9.17, 15) is 23.3 Å². The third kappa shape index (κ3) is 5.05. The number of carbonyl (C=O) groups excluding carboxylic acids is 1. The van der Waals surface area contributed by atoms with Crippen molar-refractivity contribution in [1.82, 2.24) is 19.5 Å². The van der Waals surface area contributed by atoms with Crippen molar-refractivity contribution >= 4 is 33.0 Å². The number of nitrogen functional groups attached to an aromatic ring is 1. The number of carbonyl (C=O) groups is 1. The lowest BCUT2D eigenvalue weighted by molar-refractivity contribution is -0.384. The molecule has 0 bridgehead atoms. The number of nitro benzene ring substituents is 1. The van der Waals surface area contributed by atoms with Crippen molar-refractivity contribution in [3.63, 3.8) is 0 Å². The Morgan fingerprint density at radius 3 is 2.62 bits per heavy atom. The number of sulfonamides is 1. The van der Waals surface area contributed by atoms with Crippen LogP contribution in [0.1, 0.15) is 25.1 Å². The lowest BCUT2D eigenvalue weighted by Gasteiger charge is -2.10. The predicted molar refractivity (Wildman–Crippen MR) is 124 cm³/mol. The number of fused-ring (bicyclic) bond motifs is 1. The zero-order valence-electron chi connectivity index (χ0n) is 18.1. The Morgan fingerprint density at radius 1 is 1.12 bits per heavy atom. The zero-order valence-corrected chi connectivity index (χ0v) is 18.9. The molecule has 0 spiro atoms. The van der Waals surface area contributed by atoms with E-state index in [1.165, 1.54) is 0 Å². The number of amides is 1. The Hall–Kier alpha value is -3.84. The number of rotatable bonds is 7. The minimum absolute atomic E-state index is 0.160. The van der Waals surface area contributed by atoms with Gasteiger partial charge < -0.3 is 15.6 Å². The van der Waals surface area contributed by atoms with E-state index >= 15 is 0 Å². The fourth-order valence-corrected chi connectivity index (χ4v) is 4.70. The van der Waals surface area contributed by atoms with E-state index in [0.717, 1.165) is 67.6 Å². The normalized spacial score (nSPS) is 13.6. The van der Waals surface area contributed by atoms with Gasteiger partial charge in [-0.05, 0) is 49.2 Å². The zero-order chi connectivity index (χ0) is 24.3. The van der Waals surface area contributed by atoms with Gasteiger partial charge >= 0.3 is 0 Å². The molecule has 0 saturated carbocycles. The first-order valence-electron chi connectivity index (χ1n) is 10.6. The number of anilines is 2. The topological polar surface area (TPSA) is 175 Å². The Kier molecular flexibility index (Phi) is 6.56. The molecule has 4 rings (SSSR count). The highest BCUT2D eigenvalue weighted by atomic mass is 32.2. The molecule has 0 unspecified atom stereocenters. The Morgan fingerprint density at radius 2 is 1.88 bits per heavy atom. The maximum Gasteiger partial charge on any atom is 0.293 e. The molecule has 2 heterocycles. The van der Waals surface area contributed by atoms with Crippen LogP contribution in [0.25, 0.3) is 11.4 Å². The quantitative estimate of drug-likeness (QED) is 0.259. The van der Waals surface area contributed by atoms with E-state index in [-0.39, 0.29) is 10.6 Å². The Labute approximate surface area is 195 Å². The number of aryl methyl sites for hydroxylation is 1. The number of nitrogens with two attached hydrogens (primary N) is 1. The van der Waals surface area contributed by atoms with Crippen molar-refractivity contribution in [3.05, 3.63) is 58.4 Å². The number of hydrogen-bond acceptors (Lipinski definition) is 8. The van der Waals surface area contributed by atoms with Gasteiger partial charge in [0.2, 0.25) is 15.9 Å². The predicted octanol–water partition coefficient (Wildman–Crippen LogP) is 2.08. The second-order valence-electron chi connectivity index (χ2n) is 7.83. The monoisotopic (exact) mass is 485 g/mol. The second-order valence-corrected chi connectivity index (χ2v) is 9.60. The van der Waals surface area contributed by atoms with Crippen molar-refractivity contribution in [2.24, 2.45) is 0 Å². The average molecular weight is 486 g/mol. The van der Waals surface area contributed by atoms with E-state index < -0.39 is 33.1 Å². The molecular weight excluding hydrogens is 462 g/mol. The summed E-state index contributed by atoms with van der Waals surface area (Å²) >= 11 is 0. The molecule has 0 atom stereocenters. The molecule has 3 aromatic rings. The summed E-state index contributed by atoms with van der Waals surface area (Å²) in [7, 11) is -4.16. The van der Waals surface area contributed by atoms with Gasteiger partial charge in [0.25, 0.3) is 5.69 Å². The molecular formula is C21H23N7O5S. The number of hydrogen-bond donors (Lipinski definition) is 3. The van der Waals surface area contributed by atoms with Crippen LogP contribution in [0, 0.1) is 10.1 Å². The lowest BCUT2D eigenvalue weighted by atomic mass is 10.2. The average Bonchev–Trinajstić information content (AvgIpc) is 3.06. The van der Waals surface area contributed by atoms with E-state index in [1.54, 1.807) is 12.1 Å². The largest absolute Gasteiger partial charge is 0.393 e. The molecule has 34 heavy (non-hydrogen) atoms. The van der Waals surface area contributed by atoms with Crippen molar-refractivity contribution < 1.29 is 18.1 Å². The SMILES string of the molecule is Nc1ccc(S(=O)(=O)NCC(=O)Nc2ccc(-c3nnc4n3CCCCC4)cc2)cc1[N+](=O)[O-]. The summed E-state index contributed by atoms with van der Waals surface area (Å²) < 4.78 is 29.1. The first-order chi connectivity index (χ1) is 16.2. The Bertz CT molecular complexity index is 1340. The molecule has 0 saturated heterocycles. The highest BCUT2D eigenvalue weighted by Gasteiger charge is 2.21. The van der Waals surface area contributed by atoms with Gasteiger partial charge in [-0.3, -0.25) is 14.9 Å². The molecule has 1 aliphatic heterocycles. The van der Waals surface area contributed by atoms with Crippen LogP contribution < -0.4 is 15.8 Å². The van der Waals surface area contributed by atoms with Crippen molar-refractivity contribution in [3.8, 4) is 11.4 Å². The summed E-state index contributed by atoms with van der Waals surface area (Å²) in [4.78, 5) is 22.1. The standard InChI is InChI=1S/C21H23N7O5S/c22-17-10-9-16(12-18(17)28(30)31)34(32,33)23-13-20(29)24-15-7-5-14(6-8-15)21-26-25-19-4-2-1-3-11-27(19)21/h5-10,12,23H,1-4,11,13,22H2,(H,24,29). The molecule has 1 aromatic heterocycles. The van der Waals surface area contributed by atoms with Crippen LogP contribution in [0.4, 0.5) is 17.1 Å². The molecule has 2 aromatic carbocycles. The molecule has 178 valence electrons. The molecule has 1 aliphatic rings. The first kappa shape index (κ1) is 23.3. The molecule has 4 N–H and O–H groups in total. The highest BCUT2D eigenvalue weighted by molar-refractivity contribution is 7.89. The number of benzene rings is 2. The molecule has 0 radical (unpaired) electrons. The number of nitrogens with zero attached hydrogens (tertiary/aromatic N) is 4. The van der Waals surface area contributed by atoms with Crippen LogP contribution in [0.5, 0.6) is 0 Å². The summed E-state index contributed by atoms with van der Waals surface area (Å²) in [5.74, 6) is 1.15. The van der Waals surface area contributed by atoms with Crippen LogP contribution in [0.2, 0.25) is 0 Å². The minimum atomic E-state index is -4.16. The lowest BCUT2D eigenvalue weighted by Crippen LogP contribution is -2.32. The van der Waals surface area contributed by atoms with E-state index in [0.29, 0.717) is 5.69 Å². The molecule has 0 fully saturated rings. The number of nitrogens with one attached hydrogen (secondary N) is 2. The summed E-state index contributed by atoms with van der Waals surface area (Å²) in [5, 5.41) is 22.2. The fraction of sp³-hybridized carbons (Fsp3) is 0.286. The van der Waals surface area contributed by atoms with Gasteiger partial charge in [0.15, 0.2) is 5.82 Å². The van der Waals surface area contributed by atoms with Crippen LogP contribution in [-0.4, -0.2) is 40.6 Å². The first-order valence-corrected chi connectivity index (χ1v) is 12.1. The smallest absolute Gasteiger partial charge is 0.293 e. The minimum Gasteiger partial charge on any atom is -0.393 e. The van der Waals surface area contributed by atoms with Crippen LogP contribution in [0.3, 0.4) is 0 Å². The summed E-state index contributed by atoms with van der Waals surface area (Å²) in [6.45, 7) is 0.313. The van der Waals surface area contributed by atoms with Gasteiger partial charge in [-0.15, -0.1) is 10.2 Å². The highest BCUT2D eigenvalue weighted by Crippen LogP contribution is 2.25. The van der Waals surface area contributed by atoms with Crippen LogP contribution >= 0.6 is 0 Å². The molecule has 1 amide bonds. The Balaban J connectivity index is 1.39. The summed E-state index contributed by atoms with van der Waals surface area (Å²) in [6, 6.07) is 10.1. The maximum absolute atomic E-state index is 12.4. The van der Waals surface area contributed by atoms with Gasteiger partial charge in [0.1, 0.15) is 11.5 Å². The van der Waals surface area contributed by atoms with E-state index in [2.05, 4.69) is 24.8 Å². The molecule has 0 aliphatic carbocycles. The second kappa shape index (κ2) is 9.57.